The van der Waals surface area contributed by atoms with Gasteiger partial charge in [0.15, 0.2) is 0 Å². The molecule has 4 nitrogen and oxygen atoms in total. The Kier molecular flexibility index (Phi) is 5.62. The zero-order valence-corrected chi connectivity index (χ0v) is 13.2. The third-order valence-electron chi connectivity index (χ3n) is 3.72. The minimum atomic E-state index is 0.0584. The number of aryl methyl sites for hydroxylation is 1. The summed E-state index contributed by atoms with van der Waals surface area (Å²) in [6.45, 7) is 8.08. The van der Waals surface area contributed by atoms with Gasteiger partial charge in [0.1, 0.15) is 5.75 Å². The third-order valence-corrected chi connectivity index (χ3v) is 3.72. The van der Waals surface area contributed by atoms with Gasteiger partial charge in [0.2, 0.25) is 5.91 Å². The van der Waals surface area contributed by atoms with E-state index in [4.69, 9.17) is 4.74 Å². The summed E-state index contributed by atoms with van der Waals surface area (Å²) >= 11 is 0. The van der Waals surface area contributed by atoms with Crippen molar-refractivity contribution >= 4 is 5.91 Å². The molecule has 116 valence electrons. The molecular weight excluding hydrogens is 264 g/mol. The topological polar surface area (TPSA) is 50.4 Å². The van der Waals surface area contributed by atoms with Crippen LogP contribution in [0.5, 0.6) is 5.75 Å². The Morgan fingerprint density at radius 3 is 3.00 bits per heavy atom. The van der Waals surface area contributed by atoms with E-state index >= 15 is 0 Å². The number of carbonyl (C=O) groups is 1. The van der Waals surface area contributed by atoms with Crippen LogP contribution in [0.3, 0.4) is 0 Å². The standard InChI is InChI=1S/C17H26N2O2/c1-12(2)10-19-16(20)11-18-15-8-5-9-21-17-13(3)6-4-7-14(15)17/h4,6-7,12,15,18H,5,8-11H2,1-3H3,(H,19,20). The Morgan fingerprint density at radius 1 is 1.43 bits per heavy atom. The average Bonchev–Trinajstić information content (AvgIpc) is 2.66. The van der Waals surface area contributed by atoms with E-state index in [9.17, 15) is 4.79 Å². The normalized spacial score (nSPS) is 17.8. The van der Waals surface area contributed by atoms with E-state index < -0.39 is 0 Å². The van der Waals surface area contributed by atoms with E-state index in [1.807, 2.05) is 0 Å². The molecule has 4 heteroatoms. The first kappa shape index (κ1) is 15.8. The molecule has 0 saturated carbocycles. The highest BCUT2D eigenvalue weighted by Gasteiger charge is 2.21. The first-order chi connectivity index (χ1) is 10.1. The number of amides is 1. The van der Waals surface area contributed by atoms with Crippen LogP contribution in [-0.4, -0.2) is 25.6 Å². The maximum Gasteiger partial charge on any atom is 0.233 e. The van der Waals surface area contributed by atoms with Gasteiger partial charge in [-0.3, -0.25) is 4.79 Å². The van der Waals surface area contributed by atoms with Gasteiger partial charge in [-0.25, -0.2) is 0 Å². The highest BCUT2D eigenvalue weighted by molar-refractivity contribution is 5.78. The SMILES string of the molecule is Cc1cccc2c1OCCCC2NCC(=O)NCC(C)C. The van der Waals surface area contributed by atoms with Crippen molar-refractivity contribution in [2.75, 3.05) is 19.7 Å². The highest BCUT2D eigenvalue weighted by Crippen LogP contribution is 2.33. The fourth-order valence-electron chi connectivity index (χ4n) is 2.57. The van der Waals surface area contributed by atoms with Gasteiger partial charge < -0.3 is 15.4 Å². The van der Waals surface area contributed by atoms with Crippen LogP contribution in [0, 0.1) is 12.8 Å². The monoisotopic (exact) mass is 290 g/mol. The molecule has 1 aromatic rings. The minimum absolute atomic E-state index is 0.0584. The van der Waals surface area contributed by atoms with Crippen molar-refractivity contribution in [3.8, 4) is 5.75 Å². The Hall–Kier alpha value is -1.55. The van der Waals surface area contributed by atoms with Crippen molar-refractivity contribution in [2.24, 2.45) is 5.92 Å². The van der Waals surface area contributed by atoms with E-state index in [1.165, 1.54) is 5.56 Å². The molecule has 1 aliphatic heterocycles. The van der Waals surface area contributed by atoms with Gasteiger partial charge in [-0.1, -0.05) is 32.0 Å². The number of carbonyl (C=O) groups excluding carboxylic acids is 1. The molecule has 21 heavy (non-hydrogen) atoms. The molecule has 1 unspecified atom stereocenters. The van der Waals surface area contributed by atoms with Crippen LogP contribution in [0.2, 0.25) is 0 Å². The smallest absolute Gasteiger partial charge is 0.233 e. The Bertz CT molecular complexity index is 486. The van der Waals surface area contributed by atoms with E-state index in [0.29, 0.717) is 12.5 Å². The number of ether oxygens (including phenoxy) is 1. The van der Waals surface area contributed by atoms with Gasteiger partial charge in [-0.15, -0.1) is 0 Å². The first-order valence-corrected chi connectivity index (χ1v) is 7.80. The largest absolute Gasteiger partial charge is 0.493 e. The van der Waals surface area contributed by atoms with Crippen LogP contribution in [0.1, 0.15) is 43.9 Å². The van der Waals surface area contributed by atoms with Gasteiger partial charge >= 0.3 is 0 Å². The van der Waals surface area contributed by atoms with Crippen molar-refractivity contribution in [3.63, 3.8) is 0 Å². The van der Waals surface area contributed by atoms with E-state index in [2.05, 4.69) is 49.6 Å². The molecule has 1 heterocycles. The molecule has 1 aliphatic rings. The lowest BCUT2D eigenvalue weighted by molar-refractivity contribution is -0.120. The van der Waals surface area contributed by atoms with Gasteiger partial charge in [0.25, 0.3) is 0 Å². The van der Waals surface area contributed by atoms with E-state index in [1.54, 1.807) is 0 Å². The van der Waals surface area contributed by atoms with Crippen LogP contribution >= 0.6 is 0 Å². The van der Waals surface area contributed by atoms with E-state index in [0.717, 1.165) is 37.3 Å². The Balaban J connectivity index is 1.98. The fraction of sp³-hybridized carbons (Fsp3) is 0.588. The summed E-state index contributed by atoms with van der Waals surface area (Å²) in [5, 5.41) is 6.32. The summed E-state index contributed by atoms with van der Waals surface area (Å²) < 4.78 is 5.85. The summed E-state index contributed by atoms with van der Waals surface area (Å²) in [4.78, 5) is 11.9. The molecule has 1 aromatic carbocycles. The van der Waals surface area contributed by atoms with Gasteiger partial charge in [-0.05, 0) is 31.2 Å². The molecule has 0 bridgehead atoms. The van der Waals surface area contributed by atoms with Crippen LogP contribution < -0.4 is 15.4 Å². The molecule has 2 N–H and O–H groups in total. The van der Waals surface area contributed by atoms with Crippen molar-refractivity contribution < 1.29 is 9.53 Å². The van der Waals surface area contributed by atoms with Gasteiger partial charge in [0, 0.05) is 18.2 Å². The van der Waals surface area contributed by atoms with Crippen molar-refractivity contribution in [1.29, 1.82) is 0 Å². The highest BCUT2D eigenvalue weighted by atomic mass is 16.5. The zero-order valence-electron chi connectivity index (χ0n) is 13.2. The lowest BCUT2D eigenvalue weighted by Gasteiger charge is -2.19. The molecule has 1 amide bonds. The third kappa shape index (κ3) is 4.46. The summed E-state index contributed by atoms with van der Waals surface area (Å²) in [5.41, 5.74) is 2.33. The number of hydrogen-bond donors (Lipinski definition) is 2. The lowest BCUT2D eigenvalue weighted by atomic mass is 10.00. The molecule has 0 spiro atoms. The minimum Gasteiger partial charge on any atom is -0.493 e. The summed E-state index contributed by atoms with van der Waals surface area (Å²) in [6.07, 6.45) is 1.99. The second-order valence-corrected chi connectivity index (χ2v) is 6.12. The second-order valence-electron chi connectivity index (χ2n) is 6.12. The number of rotatable bonds is 5. The molecular formula is C17H26N2O2. The van der Waals surface area contributed by atoms with Gasteiger partial charge in [-0.2, -0.15) is 0 Å². The molecule has 0 aliphatic carbocycles. The van der Waals surface area contributed by atoms with Crippen molar-refractivity contribution in [2.45, 2.75) is 39.7 Å². The molecule has 2 rings (SSSR count). The van der Waals surface area contributed by atoms with Crippen LogP contribution in [-0.2, 0) is 4.79 Å². The number of benzene rings is 1. The number of nitrogens with one attached hydrogen (secondary N) is 2. The predicted molar refractivity (Wildman–Crippen MR) is 84.5 cm³/mol. The van der Waals surface area contributed by atoms with Crippen molar-refractivity contribution in [3.05, 3.63) is 29.3 Å². The molecule has 0 saturated heterocycles. The molecule has 0 radical (unpaired) electrons. The zero-order chi connectivity index (χ0) is 15.2. The predicted octanol–water partition coefficient (Wildman–Crippen LogP) is 2.57. The summed E-state index contributed by atoms with van der Waals surface area (Å²) in [7, 11) is 0. The number of hydrogen-bond acceptors (Lipinski definition) is 3. The maximum absolute atomic E-state index is 11.9. The molecule has 0 aromatic heterocycles. The fourth-order valence-corrected chi connectivity index (χ4v) is 2.57. The van der Waals surface area contributed by atoms with Gasteiger partial charge in [0.05, 0.1) is 13.2 Å². The number of fused-ring (bicyclic) bond motifs is 1. The van der Waals surface area contributed by atoms with Crippen LogP contribution in [0.4, 0.5) is 0 Å². The summed E-state index contributed by atoms with van der Waals surface area (Å²) in [6, 6.07) is 6.40. The lowest BCUT2D eigenvalue weighted by Crippen LogP contribution is -2.37. The molecule has 0 fully saturated rings. The van der Waals surface area contributed by atoms with E-state index in [-0.39, 0.29) is 11.9 Å². The first-order valence-electron chi connectivity index (χ1n) is 7.80. The second kappa shape index (κ2) is 7.46. The number of para-hydroxylation sites is 1. The van der Waals surface area contributed by atoms with Crippen molar-refractivity contribution in [1.82, 2.24) is 10.6 Å². The Labute approximate surface area is 127 Å². The maximum atomic E-state index is 11.9. The quantitative estimate of drug-likeness (QED) is 0.876. The Morgan fingerprint density at radius 2 is 2.24 bits per heavy atom. The molecule has 1 atom stereocenters. The average molecular weight is 290 g/mol. The summed E-state index contributed by atoms with van der Waals surface area (Å²) in [5.74, 6) is 1.52. The van der Waals surface area contributed by atoms with Crippen LogP contribution in [0.15, 0.2) is 18.2 Å². The van der Waals surface area contributed by atoms with Crippen LogP contribution in [0.25, 0.3) is 0 Å².